The van der Waals surface area contributed by atoms with Crippen LogP contribution in [0.3, 0.4) is 0 Å². The van der Waals surface area contributed by atoms with E-state index in [9.17, 15) is 23.2 Å². The third kappa shape index (κ3) is 5.12. The number of amides is 1. The Bertz CT molecular complexity index is 1700. The number of carbonyl (C=O) groups is 2. The number of hydrogen-bond donors (Lipinski definition) is 1. The van der Waals surface area contributed by atoms with Crippen LogP contribution >= 0.6 is 0 Å². The molecule has 0 saturated carbocycles. The van der Waals surface area contributed by atoms with E-state index in [-0.39, 0.29) is 30.1 Å². The Morgan fingerprint density at radius 3 is 2.45 bits per heavy atom. The van der Waals surface area contributed by atoms with Crippen molar-refractivity contribution in [1.29, 1.82) is 0 Å². The van der Waals surface area contributed by atoms with Crippen LogP contribution in [0, 0.1) is 11.6 Å². The molecule has 10 nitrogen and oxygen atoms in total. The van der Waals surface area contributed by atoms with Crippen molar-refractivity contribution in [1.82, 2.24) is 24.4 Å². The number of nitrogens with zero attached hydrogens (tertiary/aromatic N) is 4. The Kier molecular flexibility index (Phi) is 7.44. The molecule has 6 rings (SSSR count). The van der Waals surface area contributed by atoms with Gasteiger partial charge in [0.2, 0.25) is 0 Å². The fraction of sp³-hybridized carbons (Fsp3) is 0.367. The average Bonchev–Trinajstić information content (AvgIpc) is 3.25. The molecule has 0 bridgehead atoms. The highest BCUT2D eigenvalue weighted by atomic mass is 19.2. The maximum absolute atomic E-state index is 15.0. The van der Waals surface area contributed by atoms with Crippen LogP contribution in [0.5, 0.6) is 0 Å². The van der Waals surface area contributed by atoms with E-state index < -0.39 is 41.8 Å². The second kappa shape index (κ2) is 11.3. The summed E-state index contributed by atoms with van der Waals surface area (Å²) in [5, 5.41) is 0. The fourth-order valence-electron chi connectivity index (χ4n) is 6.16. The van der Waals surface area contributed by atoms with Crippen LogP contribution in [0.15, 0.2) is 59.7 Å². The lowest BCUT2D eigenvalue weighted by Gasteiger charge is -2.33. The first-order valence-electron chi connectivity index (χ1n) is 13.9. The zero-order chi connectivity index (χ0) is 29.4. The summed E-state index contributed by atoms with van der Waals surface area (Å²) in [6, 6.07) is 10.8. The molecule has 12 heteroatoms. The number of nitrogens with one attached hydrogen (secondary N) is 1. The summed E-state index contributed by atoms with van der Waals surface area (Å²) in [4.78, 5) is 51.1. The van der Waals surface area contributed by atoms with E-state index in [1.54, 1.807) is 40.1 Å². The van der Waals surface area contributed by atoms with Crippen LogP contribution in [-0.2, 0) is 14.3 Å². The molecule has 3 aromatic heterocycles. The molecule has 1 aliphatic carbocycles. The van der Waals surface area contributed by atoms with Crippen molar-refractivity contribution < 1.29 is 27.8 Å². The van der Waals surface area contributed by atoms with Gasteiger partial charge < -0.3 is 14.4 Å². The summed E-state index contributed by atoms with van der Waals surface area (Å²) >= 11 is 0. The van der Waals surface area contributed by atoms with Crippen LogP contribution in [0.2, 0.25) is 0 Å². The molecular weight excluding hydrogens is 548 g/mol. The van der Waals surface area contributed by atoms with Crippen molar-refractivity contribution in [3.05, 3.63) is 93.8 Å². The average molecular weight is 578 g/mol. The van der Waals surface area contributed by atoms with Crippen molar-refractivity contribution in [2.45, 2.75) is 56.8 Å². The van der Waals surface area contributed by atoms with Gasteiger partial charge in [0.1, 0.15) is 12.2 Å². The Morgan fingerprint density at radius 1 is 0.929 bits per heavy atom. The zero-order valence-electron chi connectivity index (χ0n) is 22.8. The molecule has 42 heavy (non-hydrogen) atoms. The number of aromatic amines is 1. The third-order valence-electron chi connectivity index (χ3n) is 8.08. The second-order valence-corrected chi connectivity index (χ2v) is 10.6. The van der Waals surface area contributed by atoms with E-state index in [0.29, 0.717) is 42.8 Å². The van der Waals surface area contributed by atoms with Gasteiger partial charge in [0.25, 0.3) is 0 Å². The molecule has 4 aromatic rings. The number of esters is 1. The minimum Gasteiger partial charge on any atom is -0.457 e. The highest BCUT2D eigenvalue weighted by Crippen LogP contribution is 2.46. The number of piperidine rings is 1. The summed E-state index contributed by atoms with van der Waals surface area (Å²) in [6.45, 7) is 2.00. The summed E-state index contributed by atoms with van der Waals surface area (Å²) in [5.41, 5.74) is 1.96. The minimum absolute atomic E-state index is 0.0767. The smallest absolute Gasteiger partial charge is 0.410 e. The molecule has 1 amide bonds. The van der Waals surface area contributed by atoms with Crippen LogP contribution in [0.1, 0.15) is 73.6 Å². The number of pyridine rings is 2. The molecule has 2 aliphatic rings. The van der Waals surface area contributed by atoms with E-state index in [2.05, 4.69) is 15.0 Å². The van der Waals surface area contributed by atoms with Gasteiger partial charge in [-0.25, -0.2) is 23.4 Å². The monoisotopic (exact) mass is 577 g/mol. The molecule has 1 fully saturated rings. The normalized spacial score (nSPS) is 21.0. The van der Waals surface area contributed by atoms with Gasteiger partial charge in [-0.3, -0.25) is 19.3 Å². The third-order valence-corrected chi connectivity index (χ3v) is 8.08. The predicted octanol–water partition coefficient (Wildman–Crippen LogP) is 5.09. The Balaban J connectivity index is 1.22. The highest BCUT2D eigenvalue weighted by Gasteiger charge is 2.39. The van der Waals surface area contributed by atoms with Gasteiger partial charge >= 0.3 is 17.8 Å². The van der Waals surface area contributed by atoms with Gasteiger partial charge in [-0.15, -0.1) is 0 Å². The molecular formula is C30H29F2N5O5. The summed E-state index contributed by atoms with van der Waals surface area (Å²) in [7, 11) is 0. The van der Waals surface area contributed by atoms with Gasteiger partial charge in [0.15, 0.2) is 17.3 Å². The number of hydrogen-bond acceptors (Lipinski definition) is 7. The number of benzene rings is 1. The van der Waals surface area contributed by atoms with Gasteiger partial charge in [0, 0.05) is 49.9 Å². The number of likely N-dealkylation sites (tertiary alicyclic amines) is 1. The highest BCUT2D eigenvalue weighted by molar-refractivity contribution is 5.71. The van der Waals surface area contributed by atoms with E-state index in [4.69, 9.17) is 9.47 Å². The molecule has 1 aromatic carbocycles. The van der Waals surface area contributed by atoms with Crippen molar-refractivity contribution in [3.63, 3.8) is 0 Å². The first-order chi connectivity index (χ1) is 20.3. The molecule has 0 spiro atoms. The number of rotatable bonds is 4. The quantitative estimate of drug-likeness (QED) is 0.265. The first-order valence-corrected chi connectivity index (χ1v) is 13.9. The SMILES string of the molecule is CC(=O)OC1c2cccnc2C(OC(=O)N2CCC(n3c(=O)[nH]c4ncccc43)CC2)CCC1c1cccc(F)c1F. The molecule has 4 heterocycles. The number of aromatic nitrogens is 4. The molecule has 218 valence electrons. The molecule has 3 unspecified atom stereocenters. The van der Waals surface area contributed by atoms with Crippen LogP contribution < -0.4 is 5.69 Å². The molecule has 1 aliphatic heterocycles. The standard InChI is InChI=1S/C30H29F2N5O5/c1-17(38)41-27-20(19-5-2-7-22(31)25(19)32)9-10-24(26-21(27)6-3-13-33-26)42-30(40)36-15-11-18(12-16-36)37-23-8-4-14-34-28(23)35-29(37)39/h2-8,13-14,18,20,24,27H,9-12,15-16H2,1H3,(H,34,35,39). The summed E-state index contributed by atoms with van der Waals surface area (Å²) in [6.07, 6.45) is 2.47. The molecule has 1 saturated heterocycles. The van der Waals surface area contributed by atoms with Crippen LogP contribution in [-0.4, -0.2) is 49.6 Å². The topological polar surface area (TPSA) is 119 Å². The van der Waals surface area contributed by atoms with Crippen molar-refractivity contribution >= 4 is 23.2 Å². The Hall–Kier alpha value is -4.61. The number of H-pyrrole nitrogens is 1. The number of halogens is 2. The summed E-state index contributed by atoms with van der Waals surface area (Å²) < 4.78 is 42.5. The fourth-order valence-corrected chi connectivity index (χ4v) is 6.16. The number of carbonyl (C=O) groups excluding carboxylic acids is 2. The number of fused-ring (bicyclic) bond motifs is 2. The second-order valence-electron chi connectivity index (χ2n) is 10.6. The van der Waals surface area contributed by atoms with Crippen LogP contribution in [0.4, 0.5) is 13.6 Å². The van der Waals surface area contributed by atoms with Crippen molar-refractivity contribution in [3.8, 4) is 0 Å². The number of ether oxygens (including phenoxy) is 2. The predicted molar refractivity (Wildman–Crippen MR) is 146 cm³/mol. The largest absolute Gasteiger partial charge is 0.457 e. The van der Waals surface area contributed by atoms with E-state index in [1.165, 1.54) is 19.1 Å². The molecule has 3 atom stereocenters. The zero-order valence-corrected chi connectivity index (χ0v) is 22.8. The maximum Gasteiger partial charge on any atom is 0.410 e. The van der Waals surface area contributed by atoms with Gasteiger partial charge in [0.05, 0.1) is 11.2 Å². The lowest BCUT2D eigenvalue weighted by Crippen LogP contribution is -2.41. The Labute approximate surface area is 239 Å². The lowest BCUT2D eigenvalue weighted by atomic mass is 9.87. The van der Waals surface area contributed by atoms with Gasteiger partial charge in [-0.05, 0) is 55.5 Å². The maximum atomic E-state index is 15.0. The number of imidazole rings is 1. The lowest BCUT2D eigenvalue weighted by molar-refractivity contribution is -0.148. The summed E-state index contributed by atoms with van der Waals surface area (Å²) in [5.74, 6) is -3.31. The molecule has 1 N–H and O–H groups in total. The first kappa shape index (κ1) is 27.6. The van der Waals surface area contributed by atoms with Crippen LogP contribution in [0.25, 0.3) is 11.2 Å². The van der Waals surface area contributed by atoms with E-state index in [1.807, 2.05) is 6.07 Å². The van der Waals surface area contributed by atoms with Gasteiger partial charge in [-0.1, -0.05) is 18.2 Å². The van der Waals surface area contributed by atoms with E-state index in [0.717, 1.165) is 11.6 Å². The van der Waals surface area contributed by atoms with E-state index >= 15 is 0 Å². The van der Waals surface area contributed by atoms with Gasteiger partial charge in [-0.2, -0.15) is 0 Å². The van der Waals surface area contributed by atoms with Crippen molar-refractivity contribution in [2.75, 3.05) is 13.1 Å². The Morgan fingerprint density at radius 2 is 1.67 bits per heavy atom. The molecule has 0 radical (unpaired) electrons. The minimum atomic E-state index is -1.01. The van der Waals surface area contributed by atoms with Crippen molar-refractivity contribution in [2.24, 2.45) is 0 Å².